The van der Waals surface area contributed by atoms with E-state index < -0.39 is 0 Å². The maximum absolute atomic E-state index is 11.7. The molecule has 1 aromatic carbocycles. The highest BCUT2D eigenvalue weighted by molar-refractivity contribution is 8.03. The largest absolute Gasteiger partial charge is 0.486 e. The van der Waals surface area contributed by atoms with Crippen LogP contribution in [-0.2, 0) is 15.3 Å². The summed E-state index contributed by atoms with van der Waals surface area (Å²) in [6, 6.07) is 10.1. The van der Waals surface area contributed by atoms with E-state index in [9.17, 15) is 4.79 Å². The quantitative estimate of drug-likeness (QED) is 0.803. The van der Waals surface area contributed by atoms with Crippen LogP contribution < -0.4 is 0 Å². The third-order valence-corrected chi connectivity index (χ3v) is 3.75. The van der Waals surface area contributed by atoms with Gasteiger partial charge >= 0.3 is 0 Å². The van der Waals surface area contributed by atoms with Crippen molar-refractivity contribution in [2.45, 2.75) is 25.7 Å². The van der Waals surface area contributed by atoms with Crippen molar-refractivity contribution < 1.29 is 9.53 Å². The lowest BCUT2D eigenvalue weighted by Gasteiger charge is -2.01. The van der Waals surface area contributed by atoms with Crippen molar-refractivity contribution in [1.29, 1.82) is 0 Å². The topological polar surface area (TPSA) is 26.3 Å². The number of thioether (sulfide) groups is 1. The highest BCUT2D eigenvalue weighted by atomic mass is 32.2. The van der Waals surface area contributed by atoms with Crippen molar-refractivity contribution >= 4 is 17.5 Å². The van der Waals surface area contributed by atoms with Crippen LogP contribution in [0.4, 0.5) is 0 Å². The first kappa shape index (κ1) is 11.3. The molecule has 2 nitrogen and oxygen atoms in total. The standard InChI is InChI=1S/C13H14O2S/c1-9-12(14)13(10(2)15-9)16-8-11-6-4-3-5-7-11/h3-7,9H,8H2,1-2H3. The van der Waals surface area contributed by atoms with Crippen LogP contribution in [0.15, 0.2) is 41.0 Å². The van der Waals surface area contributed by atoms with Crippen molar-refractivity contribution in [3.05, 3.63) is 46.6 Å². The molecule has 84 valence electrons. The Morgan fingerprint density at radius 1 is 1.31 bits per heavy atom. The van der Waals surface area contributed by atoms with Gasteiger partial charge in [-0.15, -0.1) is 11.8 Å². The van der Waals surface area contributed by atoms with E-state index in [2.05, 4.69) is 12.1 Å². The van der Waals surface area contributed by atoms with Crippen molar-refractivity contribution in [2.24, 2.45) is 0 Å². The number of hydrogen-bond donors (Lipinski definition) is 0. The van der Waals surface area contributed by atoms with Gasteiger partial charge in [-0.3, -0.25) is 4.79 Å². The predicted octanol–water partition coefficient (Wildman–Crippen LogP) is 3.14. The lowest BCUT2D eigenvalue weighted by atomic mass is 10.2. The normalized spacial score (nSPS) is 20.1. The van der Waals surface area contributed by atoms with Crippen LogP contribution in [-0.4, -0.2) is 11.9 Å². The summed E-state index contributed by atoms with van der Waals surface area (Å²) in [5.74, 6) is 1.69. The van der Waals surface area contributed by atoms with E-state index in [1.54, 1.807) is 18.7 Å². The number of ether oxygens (including phenoxy) is 1. The Morgan fingerprint density at radius 2 is 2.00 bits per heavy atom. The van der Waals surface area contributed by atoms with Crippen LogP contribution in [0.2, 0.25) is 0 Å². The van der Waals surface area contributed by atoms with Crippen LogP contribution in [0.25, 0.3) is 0 Å². The first-order chi connectivity index (χ1) is 7.68. The Kier molecular flexibility index (Phi) is 3.34. The van der Waals surface area contributed by atoms with Crippen LogP contribution in [0.1, 0.15) is 19.4 Å². The fraction of sp³-hybridized carbons (Fsp3) is 0.308. The van der Waals surface area contributed by atoms with Crippen molar-refractivity contribution in [1.82, 2.24) is 0 Å². The molecule has 0 saturated carbocycles. The summed E-state index contributed by atoms with van der Waals surface area (Å²) in [6.07, 6.45) is -0.307. The van der Waals surface area contributed by atoms with E-state index >= 15 is 0 Å². The molecule has 1 aliphatic heterocycles. The predicted molar refractivity (Wildman–Crippen MR) is 66.0 cm³/mol. The Labute approximate surface area is 99.7 Å². The van der Waals surface area contributed by atoms with Crippen LogP contribution in [0.3, 0.4) is 0 Å². The molecule has 0 aromatic heterocycles. The molecule has 16 heavy (non-hydrogen) atoms. The second-order valence-corrected chi connectivity index (χ2v) is 4.77. The molecule has 0 spiro atoms. The fourth-order valence-corrected chi connectivity index (χ4v) is 2.70. The molecule has 3 heteroatoms. The first-order valence-corrected chi connectivity index (χ1v) is 6.25. The number of ketones is 1. The Hall–Kier alpha value is -1.22. The summed E-state index contributed by atoms with van der Waals surface area (Å²) in [4.78, 5) is 12.5. The monoisotopic (exact) mass is 234 g/mol. The molecule has 0 fully saturated rings. The molecule has 1 aliphatic rings. The van der Waals surface area contributed by atoms with Gasteiger partial charge in [0, 0.05) is 5.75 Å². The molecule has 1 aromatic rings. The number of rotatable bonds is 3. The molecular formula is C13H14O2S. The van der Waals surface area contributed by atoms with Crippen molar-refractivity contribution in [2.75, 3.05) is 0 Å². The second-order valence-electron chi connectivity index (χ2n) is 3.78. The molecular weight excluding hydrogens is 220 g/mol. The molecule has 1 unspecified atom stereocenters. The maximum atomic E-state index is 11.7. The Balaban J connectivity index is 2.01. The number of hydrogen-bond acceptors (Lipinski definition) is 3. The van der Waals surface area contributed by atoms with Gasteiger partial charge in [-0.2, -0.15) is 0 Å². The average Bonchev–Trinajstić information content (AvgIpc) is 2.53. The van der Waals surface area contributed by atoms with Gasteiger partial charge in [0.15, 0.2) is 6.10 Å². The zero-order valence-corrected chi connectivity index (χ0v) is 10.2. The van der Waals surface area contributed by atoms with Crippen LogP contribution in [0.5, 0.6) is 0 Å². The molecule has 0 amide bonds. The Morgan fingerprint density at radius 3 is 2.56 bits per heavy atom. The SMILES string of the molecule is CC1=C(SCc2ccccc2)C(=O)C(C)O1. The lowest BCUT2D eigenvalue weighted by Crippen LogP contribution is -2.12. The zero-order chi connectivity index (χ0) is 11.5. The molecule has 0 N–H and O–H groups in total. The summed E-state index contributed by atoms with van der Waals surface area (Å²) in [5, 5.41) is 0. The molecule has 0 radical (unpaired) electrons. The molecule has 0 bridgehead atoms. The van der Waals surface area contributed by atoms with E-state index in [1.807, 2.05) is 25.1 Å². The number of benzene rings is 1. The third-order valence-electron chi connectivity index (χ3n) is 2.49. The van der Waals surface area contributed by atoms with Crippen molar-refractivity contribution in [3.8, 4) is 0 Å². The molecule has 0 saturated heterocycles. The van der Waals surface area contributed by atoms with E-state index in [4.69, 9.17) is 4.74 Å². The fourth-order valence-electron chi connectivity index (χ4n) is 1.63. The van der Waals surface area contributed by atoms with E-state index in [0.29, 0.717) is 0 Å². The van der Waals surface area contributed by atoms with E-state index in [1.165, 1.54) is 5.56 Å². The molecule has 0 aliphatic carbocycles. The summed E-state index contributed by atoms with van der Waals surface area (Å²) in [6.45, 7) is 3.65. The average molecular weight is 234 g/mol. The van der Waals surface area contributed by atoms with Crippen LogP contribution >= 0.6 is 11.8 Å². The number of Topliss-reactive ketones (excluding diaryl/α,β-unsaturated/α-hetero) is 1. The highest BCUT2D eigenvalue weighted by Crippen LogP contribution is 2.32. The van der Waals surface area contributed by atoms with Crippen molar-refractivity contribution in [3.63, 3.8) is 0 Å². The number of carbonyl (C=O) groups excluding carboxylic acids is 1. The van der Waals surface area contributed by atoms with Gasteiger partial charge in [-0.25, -0.2) is 0 Å². The molecule has 2 rings (SSSR count). The smallest absolute Gasteiger partial charge is 0.212 e. The van der Waals surface area contributed by atoms with Gasteiger partial charge < -0.3 is 4.74 Å². The highest BCUT2D eigenvalue weighted by Gasteiger charge is 2.29. The second kappa shape index (κ2) is 4.74. The minimum Gasteiger partial charge on any atom is -0.486 e. The third kappa shape index (κ3) is 2.30. The lowest BCUT2D eigenvalue weighted by molar-refractivity contribution is -0.120. The zero-order valence-electron chi connectivity index (χ0n) is 9.40. The first-order valence-electron chi connectivity index (χ1n) is 5.27. The van der Waals surface area contributed by atoms with E-state index in [-0.39, 0.29) is 11.9 Å². The summed E-state index contributed by atoms with van der Waals surface area (Å²) >= 11 is 1.56. The van der Waals surface area contributed by atoms with Gasteiger partial charge in [-0.1, -0.05) is 30.3 Å². The number of carbonyl (C=O) groups is 1. The van der Waals surface area contributed by atoms with Gasteiger partial charge in [0.05, 0.1) is 4.91 Å². The minimum absolute atomic E-state index is 0.110. The Bertz CT molecular complexity index is 423. The van der Waals surface area contributed by atoms with Gasteiger partial charge in [0.2, 0.25) is 5.78 Å². The summed E-state index contributed by atoms with van der Waals surface area (Å²) in [5.41, 5.74) is 1.22. The van der Waals surface area contributed by atoms with Gasteiger partial charge in [0.25, 0.3) is 0 Å². The molecule has 1 atom stereocenters. The maximum Gasteiger partial charge on any atom is 0.212 e. The molecule has 1 heterocycles. The van der Waals surface area contributed by atoms with Crippen LogP contribution in [0, 0.1) is 0 Å². The number of allylic oxidation sites excluding steroid dienone is 1. The minimum atomic E-state index is -0.307. The summed E-state index contributed by atoms with van der Waals surface area (Å²) < 4.78 is 5.38. The van der Waals surface area contributed by atoms with E-state index in [0.717, 1.165) is 16.4 Å². The van der Waals surface area contributed by atoms with Gasteiger partial charge in [0.1, 0.15) is 5.76 Å². The van der Waals surface area contributed by atoms with Gasteiger partial charge in [-0.05, 0) is 19.4 Å². The summed E-state index contributed by atoms with van der Waals surface area (Å²) in [7, 11) is 0.